The minimum atomic E-state index is 0. The molecule has 0 aliphatic carbocycles. The Kier molecular flexibility index (Phi) is 8.32. The van der Waals surface area contributed by atoms with E-state index >= 15 is 0 Å². The van der Waals surface area contributed by atoms with Crippen LogP contribution in [0, 0.1) is 5.92 Å². The molecule has 1 aliphatic heterocycles. The van der Waals surface area contributed by atoms with Crippen molar-refractivity contribution in [3.8, 4) is 17.2 Å². The second-order valence-electron chi connectivity index (χ2n) is 6.27. The Morgan fingerprint density at radius 3 is 2.24 bits per heavy atom. The lowest BCUT2D eigenvalue weighted by Crippen LogP contribution is -2.34. The van der Waals surface area contributed by atoms with E-state index in [1.54, 1.807) is 21.3 Å². The van der Waals surface area contributed by atoms with E-state index in [0.29, 0.717) is 42.6 Å². The molecule has 25 heavy (non-hydrogen) atoms. The molecule has 142 valence electrons. The van der Waals surface area contributed by atoms with Crippen LogP contribution in [0.3, 0.4) is 0 Å². The van der Waals surface area contributed by atoms with Gasteiger partial charge in [0.1, 0.15) is 0 Å². The summed E-state index contributed by atoms with van der Waals surface area (Å²) in [5.74, 6) is 2.38. The minimum absolute atomic E-state index is 0. The first kappa shape index (κ1) is 21.4. The van der Waals surface area contributed by atoms with Gasteiger partial charge in [0.15, 0.2) is 11.5 Å². The highest BCUT2D eigenvalue weighted by molar-refractivity contribution is 5.85. The van der Waals surface area contributed by atoms with Crippen molar-refractivity contribution in [1.82, 2.24) is 4.90 Å². The number of likely N-dealkylation sites (tertiary alicyclic amines) is 1. The summed E-state index contributed by atoms with van der Waals surface area (Å²) in [4.78, 5) is 14.5. The molecule has 0 bridgehead atoms. The molecule has 7 heteroatoms. The summed E-state index contributed by atoms with van der Waals surface area (Å²) in [6.45, 7) is 3.50. The number of rotatable bonds is 7. The maximum absolute atomic E-state index is 12.5. The summed E-state index contributed by atoms with van der Waals surface area (Å²) in [5, 5.41) is 0. The predicted octanol–water partition coefficient (Wildman–Crippen LogP) is 2.26. The molecule has 0 spiro atoms. The summed E-state index contributed by atoms with van der Waals surface area (Å²) >= 11 is 0. The monoisotopic (exact) mass is 372 g/mol. The Bertz CT molecular complexity index is 557. The number of ether oxygens (including phenoxy) is 3. The van der Waals surface area contributed by atoms with Gasteiger partial charge in [0, 0.05) is 19.0 Å². The molecule has 0 saturated carbocycles. The minimum Gasteiger partial charge on any atom is -0.493 e. The third-order valence-electron chi connectivity index (χ3n) is 4.67. The van der Waals surface area contributed by atoms with E-state index in [-0.39, 0.29) is 24.4 Å². The zero-order chi connectivity index (χ0) is 17.7. The van der Waals surface area contributed by atoms with Crippen LogP contribution in [-0.2, 0) is 11.2 Å². The van der Waals surface area contributed by atoms with Gasteiger partial charge in [-0.3, -0.25) is 4.79 Å². The van der Waals surface area contributed by atoms with Crippen molar-refractivity contribution in [3.63, 3.8) is 0 Å². The molecule has 1 saturated heterocycles. The number of carbonyl (C=O) groups is 1. The van der Waals surface area contributed by atoms with Crippen LogP contribution >= 0.6 is 12.4 Å². The van der Waals surface area contributed by atoms with Crippen LogP contribution in [0.1, 0.15) is 25.3 Å². The van der Waals surface area contributed by atoms with E-state index in [1.807, 2.05) is 17.0 Å². The van der Waals surface area contributed by atoms with E-state index in [1.165, 1.54) is 0 Å². The molecule has 1 aliphatic rings. The van der Waals surface area contributed by atoms with Crippen molar-refractivity contribution < 1.29 is 19.0 Å². The molecule has 6 nitrogen and oxygen atoms in total. The van der Waals surface area contributed by atoms with E-state index in [4.69, 9.17) is 19.9 Å². The van der Waals surface area contributed by atoms with Gasteiger partial charge in [-0.1, -0.05) is 0 Å². The van der Waals surface area contributed by atoms with Crippen molar-refractivity contribution in [2.45, 2.75) is 32.2 Å². The van der Waals surface area contributed by atoms with Gasteiger partial charge < -0.3 is 24.8 Å². The van der Waals surface area contributed by atoms with Crippen LogP contribution in [0.25, 0.3) is 0 Å². The molecule has 2 rings (SSSR count). The highest BCUT2D eigenvalue weighted by atomic mass is 35.5. The van der Waals surface area contributed by atoms with Gasteiger partial charge in [-0.15, -0.1) is 12.4 Å². The van der Waals surface area contributed by atoms with Crippen molar-refractivity contribution in [3.05, 3.63) is 17.7 Å². The van der Waals surface area contributed by atoms with Crippen LogP contribution in [0.15, 0.2) is 12.1 Å². The molecule has 0 radical (unpaired) electrons. The number of amides is 1. The highest BCUT2D eigenvalue weighted by Gasteiger charge is 2.31. The van der Waals surface area contributed by atoms with E-state index in [0.717, 1.165) is 18.5 Å². The molecule has 1 heterocycles. The van der Waals surface area contributed by atoms with Crippen molar-refractivity contribution in [1.29, 1.82) is 0 Å². The smallest absolute Gasteiger partial charge is 0.223 e. The average molecular weight is 373 g/mol. The number of halogens is 1. The van der Waals surface area contributed by atoms with Crippen molar-refractivity contribution in [2.24, 2.45) is 11.7 Å². The zero-order valence-electron chi connectivity index (χ0n) is 15.4. The molecule has 2 N–H and O–H groups in total. The van der Waals surface area contributed by atoms with E-state index in [2.05, 4.69) is 6.92 Å². The van der Waals surface area contributed by atoms with Crippen LogP contribution < -0.4 is 19.9 Å². The number of methoxy groups -OCH3 is 3. The lowest BCUT2D eigenvalue weighted by Gasteiger charge is -2.21. The number of nitrogens with two attached hydrogens (primary N) is 1. The van der Waals surface area contributed by atoms with Crippen LogP contribution in [0.2, 0.25) is 0 Å². The SMILES string of the molecule is COc1cc(CCC(=O)N2CC(CN)CC2C)cc(OC)c1OC.Cl. The molecule has 1 aromatic rings. The lowest BCUT2D eigenvalue weighted by molar-refractivity contribution is -0.131. The van der Waals surface area contributed by atoms with Crippen LogP contribution in [0.5, 0.6) is 17.2 Å². The maximum atomic E-state index is 12.5. The van der Waals surface area contributed by atoms with Gasteiger partial charge in [-0.05, 0) is 49.9 Å². The lowest BCUT2D eigenvalue weighted by atomic mass is 10.1. The molecule has 1 fully saturated rings. The van der Waals surface area contributed by atoms with Gasteiger partial charge in [-0.25, -0.2) is 0 Å². The Morgan fingerprint density at radius 2 is 1.80 bits per heavy atom. The quantitative estimate of drug-likeness (QED) is 0.794. The number of hydrogen-bond acceptors (Lipinski definition) is 5. The topological polar surface area (TPSA) is 74.0 Å². The molecule has 1 aromatic carbocycles. The summed E-state index contributed by atoms with van der Waals surface area (Å²) in [7, 11) is 4.75. The zero-order valence-corrected chi connectivity index (χ0v) is 16.2. The third kappa shape index (κ3) is 4.92. The Morgan fingerprint density at radius 1 is 1.20 bits per heavy atom. The van der Waals surface area contributed by atoms with Crippen LogP contribution in [-0.4, -0.2) is 51.3 Å². The largest absolute Gasteiger partial charge is 0.493 e. The number of nitrogens with zero attached hydrogens (tertiary/aromatic N) is 1. The van der Waals surface area contributed by atoms with Gasteiger partial charge in [0.2, 0.25) is 11.7 Å². The Labute approximate surface area is 156 Å². The summed E-state index contributed by atoms with van der Waals surface area (Å²) in [6.07, 6.45) is 2.08. The number of carbonyl (C=O) groups excluding carboxylic acids is 1. The molecule has 2 atom stereocenters. The first-order chi connectivity index (χ1) is 11.5. The second kappa shape index (κ2) is 9.73. The molecule has 2 unspecified atom stereocenters. The molecular formula is C18H29ClN2O4. The normalized spacial score (nSPS) is 19.3. The van der Waals surface area contributed by atoms with Gasteiger partial charge in [-0.2, -0.15) is 0 Å². The molecule has 1 amide bonds. The first-order valence-corrected chi connectivity index (χ1v) is 8.32. The average Bonchev–Trinajstić information content (AvgIpc) is 2.99. The Hall–Kier alpha value is -1.66. The molecular weight excluding hydrogens is 344 g/mol. The van der Waals surface area contributed by atoms with Gasteiger partial charge in [0.05, 0.1) is 21.3 Å². The van der Waals surface area contributed by atoms with Crippen LogP contribution in [0.4, 0.5) is 0 Å². The third-order valence-corrected chi connectivity index (χ3v) is 4.67. The maximum Gasteiger partial charge on any atom is 0.223 e. The van der Waals surface area contributed by atoms with E-state index < -0.39 is 0 Å². The van der Waals surface area contributed by atoms with Gasteiger partial charge >= 0.3 is 0 Å². The predicted molar refractivity (Wildman–Crippen MR) is 100 cm³/mol. The van der Waals surface area contributed by atoms with E-state index in [9.17, 15) is 4.79 Å². The highest BCUT2D eigenvalue weighted by Crippen LogP contribution is 2.38. The van der Waals surface area contributed by atoms with Crippen molar-refractivity contribution >= 4 is 18.3 Å². The Balaban J connectivity index is 0.00000312. The number of hydrogen-bond donors (Lipinski definition) is 1. The summed E-state index contributed by atoms with van der Waals surface area (Å²) in [6, 6.07) is 4.06. The first-order valence-electron chi connectivity index (χ1n) is 8.32. The number of benzene rings is 1. The number of aryl methyl sites for hydroxylation is 1. The second-order valence-corrected chi connectivity index (χ2v) is 6.27. The van der Waals surface area contributed by atoms with Crippen molar-refractivity contribution in [2.75, 3.05) is 34.4 Å². The fourth-order valence-corrected chi connectivity index (χ4v) is 3.34. The van der Waals surface area contributed by atoms with Gasteiger partial charge in [0.25, 0.3) is 0 Å². The fraction of sp³-hybridized carbons (Fsp3) is 0.611. The summed E-state index contributed by atoms with van der Waals surface area (Å²) < 4.78 is 16.0. The standard InChI is InChI=1S/C18H28N2O4.ClH/c1-12-7-14(10-19)11-20(12)17(21)6-5-13-8-15(22-2)18(24-4)16(9-13)23-3;/h8-9,12,14H,5-7,10-11,19H2,1-4H3;1H. The summed E-state index contributed by atoms with van der Waals surface area (Å²) in [5.41, 5.74) is 6.72. The fourth-order valence-electron chi connectivity index (χ4n) is 3.34. The molecule has 0 aromatic heterocycles.